The van der Waals surface area contributed by atoms with E-state index in [1.165, 1.54) is 16.7 Å². The molecule has 0 nitrogen and oxygen atoms in total. The van der Waals surface area contributed by atoms with Crippen molar-refractivity contribution in [1.29, 1.82) is 0 Å². The van der Waals surface area contributed by atoms with E-state index in [-0.39, 0.29) is 5.41 Å². The minimum atomic E-state index is -0.0688. The predicted molar refractivity (Wildman–Crippen MR) is 95.2 cm³/mol. The molecule has 1 aliphatic rings. The van der Waals surface area contributed by atoms with Crippen molar-refractivity contribution in [3.05, 3.63) is 97.2 Å². The van der Waals surface area contributed by atoms with Gasteiger partial charge in [0, 0.05) is 5.41 Å². The quantitative estimate of drug-likeness (QED) is 0.603. The van der Waals surface area contributed by atoms with Crippen molar-refractivity contribution in [1.82, 2.24) is 0 Å². The Morgan fingerprint density at radius 1 is 1.10 bits per heavy atom. The van der Waals surface area contributed by atoms with Gasteiger partial charge in [0.15, 0.2) is 0 Å². The zero-order chi connectivity index (χ0) is 15.6. The number of fused-ring (bicyclic) bond motifs is 1. The van der Waals surface area contributed by atoms with Gasteiger partial charge >= 0.3 is 0 Å². The summed E-state index contributed by atoms with van der Waals surface area (Å²) in [6, 6.07) is 6.53. The highest BCUT2D eigenvalue weighted by Crippen LogP contribution is 2.49. The molecule has 0 spiro atoms. The largest absolute Gasteiger partial charge is 0.0990 e. The van der Waals surface area contributed by atoms with E-state index in [1.807, 2.05) is 24.3 Å². The highest BCUT2D eigenvalue weighted by molar-refractivity contribution is 5.91. The van der Waals surface area contributed by atoms with Gasteiger partial charge < -0.3 is 0 Å². The van der Waals surface area contributed by atoms with Gasteiger partial charge in [-0.1, -0.05) is 82.7 Å². The number of hydrogen-bond donors (Lipinski definition) is 0. The molecule has 1 aliphatic carbocycles. The minimum Gasteiger partial charge on any atom is -0.0990 e. The lowest BCUT2D eigenvalue weighted by molar-refractivity contribution is 0.663. The molecule has 0 heteroatoms. The van der Waals surface area contributed by atoms with Crippen LogP contribution in [0.4, 0.5) is 0 Å². The van der Waals surface area contributed by atoms with Crippen LogP contribution in [0.3, 0.4) is 0 Å². The zero-order valence-corrected chi connectivity index (χ0v) is 12.9. The Morgan fingerprint density at radius 2 is 1.81 bits per heavy atom. The second kappa shape index (κ2) is 5.57. The average Bonchev–Trinajstić information content (AvgIpc) is 2.66. The fourth-order valence-corrected chi connectivity index (χ4v) is 2.85. The van der Waals surface area contributed by atoms with Gasteiger partial charge in [-0.25, -0.2) is 0 Å². The second-order valence-corrected chi connectivity index (χ2v) is 5.74. The predicted octanol–water partition coefficient (Wildman–Crippen LogP) is 5.86. The Labute approximate surface area is 128 Å². The molecule has 0 bridgehead atoms. The Bertz CT molecular complexity index is 691. The Balaban J connectivity index is 2.68. The molecule has 1 aromatic rings. The van der Waals surface area contributed by atoms with Crippen LogP contribution in [-0.2, 0) is 5.41 Å². The molecule has 0 aromatic heterocycles. The van der Waals surface area contributed by atoms with Gasteiger partial charge in [0.05, 0.1) is 0 Å². The van der Waals surface area contributed by atoms with Gasteiger partial charge in [0.2, 0.25) is 0 Å². The van der Waals surface area contributed by atoms with E-state index < -0.39 is 0 Å². The van der Waals surface area contributed by atoms with E-state index in [1.54, 1.807) is 6.08 Å². The van der Waals surface area contributed by atoms with Crippen molar-refractivity contribution < 1.29 is 0 Å². The van der Waals surface area contributed by atoms with Crippen LogP contribution >= 0.6 is 0 Å². The van der Waals surface area contributed by atoms with E-state index in [9.17, 15) is 0 Å². The van der Waals surface area contributed by atoms with Crippen LogP contribution in [0.5, 0.6) is 0 Å². The van der Waals surface area contributed by atoms with Crippen molar-refractivity contribution in [3.8, 4) is 0 Å². The topological polar surface area (TPSA) is 0 Å². The lowest BCUT2D eigenvalue weighted by Crippen LogP contribution is -2.14. The van der Waals surface area contributed by atoms with Gasteiger partial charge in [-0.15, -0.1) is 0 Å². The van der Waals surface area contributed by atoms with E-state index in [4.69, 9.17) is 0 Å². The van der Waals surface area contributed by atoms with Gasteiger partial charge in [0.1, 0.15) is 0 Å². The Kier molecular flexibility index (Phi) is 3.99. The minimum absolute atomic E-state index is 0.0688. The lowest BCUT2D eigenvalue weighted by atomic mass is 9.82. The molecule has 2 rings (SSSR count). The third-order valence-corrected chi connectivity index (χ3v) is 4.20. The molecular weight excluding hydrogens is 252 g/mol. The molecule has 0 saturated heterocycles. The van der Waals surface area contributed by atoms with Crippen LogP contribution < -0.4 is 0 Å². The third-order valence-electron chi connectivity index (χ3n) is 4.20. The summed E-state index contributed by atoms with van der Waals surface area (Å²) < 4.78 is 0. The van der Waals surface area contributed by atoms with Crippen LogP contribution in [-0.4, -0.2) is 0 Å². The number of benzene rings is 1. The summed E-state index contributed by atoms with van der Waals surface area (Å²) in [5, 5.41) is 0. The molecular formula is C21H22. The number of hydrogen-bond acceptors (Lipinski definition) is 0. The normalized spacial score (nSPS) is 18.5. The zero-order valence-electron chi connectivity index (χ0n) is 12.9. The second-order valence-electron chi connectivity index (χ2n) is 5.74. The lowest BCUT2D eigenvalue weighted by Gasteiger charge is -2.21. The highest BCUT2D eigenvalue weighted by Gasteiger charge is 2.36. The standard InChI is InChI=1S/C21H22/c1-7-10-16(9-3)17-12-13-19-18(11-8-2)15(4)21(5,6)20(19)14-17/h7-14H,1-4H2,5-6H3/b16-10+,18-11+. The summed E-state index contributed by atoms with van der Waals surface area (Å²) in [5.74, 6) is 0. The van der Waals surface area contributed by atoms with Gasteiger partial charge in [-0.2, -0.15) is 0 Å². The molecule has 0 heterocycles. The summed E-state index contributed by atoms with van der Waals surface area (Å²) in [6.45, 7) is 20.2. The molecule has 0 unspecified atom stereocenters. The number of allylic oxidation sites excluding steroid dienone is 8. The van der Waals surface area contributed by atoms with Crippen LogP contribution in [0, 0.1) is 0 Å². The maximum Gasteiger partial charge on any atom is 0.0153 e. The molecule has 0 atom stereocenters. The molecule has 106 valence electrons. The van der Waals surface area contributed by atoms with E-state index in [0.717, 1.165) is 16.7 Å². The Hall–Kier alpha value is -2.34. The van der Waals surface area contributed by atoms with Crippen LogP contribution in [0.1, 0.15) is 30.5 Å². The monoisotopic (exact) mass is 274 g/mol. The molecule has 0 aliphatic heterocycles. The van der Waals surface area contributed by atoms with Crippen molar-refractivity contribution in [2.24, 2.45) is 0 Å². The molecule has 0 N–H and O–H groups in total. The summed E-state index contributed by atoms with van der Waals surface area (Å²) in [4.78, 5) is 0. The Morgan fingerprint density at radius 3 is 2.38 bits per heavy atom. The van der Waals surface area contributed by atoms with E-state index >= 15 is 0 Å². The maximum absolute atomic E-state index is 4.29. The van der Waals surface area contributed by atoms with Gasteiger partial charge in [0.25, 0.3) is 0 Å². The fourth-order valence-electron chi connectivity index (χ4n) is 2.85. The van der Waals surface area contributed by atoms with Crippen LogP contribution in [0.2, 0.25) is 0 Å². The summed E-state index contributed by atoms with van der Waals surface area (Å²) >= 11 is 0. The van der Waals surface area contributed by atoms with Crippen molar-refractivity contribution in [2.75, 3.05) is 0 Å². The van der Waals surface area contributed by atoms with Gasteiger partial charge in [-0.3, -0.25) is 0 Å². The SMILES string of the molecule is C=C/C=C(\C=C)c1ccc2c(c1)C(C)(C)C(=C)/C2=C\C=C. The fraction of sp³-hybridized carbons (Fsp3) is 0.143. The summed E-state index contributed by atoms with van der Waals surface area (Å²) in [6.07, 6.45) is 9.50. The smallest absolute Gasteiger partial charge is 0.0153 e. The molecule has 0 saturated carbocycles. The van der Waals surface area contributed by atoms with Crippen molar-refractivity contribution in [3.63, 3.8) is 0 Å². The third kappa shape index (κ3) is 2.38. The molecule has 0 fully saturated rings. The van der Waals surface area contributed by atoms with Crippen molar-refractivity contribution >= 4 is 11.1 Å². The molecule has 21 heavy (non-hydrogen) atoms. The first-order valence-corrected chi connectivity index (χ1v) is 7.10. The highest BCUT2D eigenvalue weighted by atomic mass is 14.4. The molecule has 0 amide bonds. The average molecular weight is 274 g/mol. The van der Waals surface area contributed by atoms with Crippen molar-refractivity contribution in [2.45, 2.75) is 19.3 Å². The van der Waals surface area contributed by atoms with Gasteiger partial charge in [-0.05, 0) is 39.5 Å². The van der Waals surface area contributed by atoms with E-state index in [2.05, 4.69) is 58.4 Å². The first-order valence-electron chi connectivity index (χ1n) is 7.10. The summed E-state index contributed by atoms with van der Waals surface area (Å²) in [7, 11) is 0. The first-order chi connectivity index (χ1) is 9.97. The van der Waals surface area contributed by atoms with Crippen LogP contribution in [0.25, 0.3) is 11.1 Å². The number of rotatable bonds is 4. The van der Waals surface area contributed by atoms with E-state index in [0.29, 0.717) is 0 Å². The maximum atomic E-state index is 4.29. The summed E-state index contributed by atoms with van der Waals surface area (Å²) in [5.41, 5.74) is 7.04. The van der Waals surface area contributed by atoms with Crippen LogP contribution in [0.15, 0.2) is 80.5 Å². The molecule has 0 radical (unpaired) electrons. The molecule has 1 aromatic carbocycles. The first kappa shape index (κ1) is 15.1.